The molecule has 0 aliphatic carbocycles. The highest BCUT2D eigenvalue weighted by atomic mass is 16.5. The summed E-state index contributed by atoms with van der Waals surface area (Å²) >= 11 is 0. The molecule has 0 radical (unpaired) electrons. The van der Waals surface area contributed by atoms with Crippen molar-refractivity contribution in [3.05, 3.63) is 120 Å². The molecule has 5 aromatic carbocycles. The summed E-state index contributed by atoms with van der Waals surface area (Å²) in [5.74, 6) is 1.82. The van der Waals surface area contributed by atoms with Gasteiger partial charge in [0.05, 0.1) is 13.2 Å². The topological polar surface area (TPSA) is 18.5 Å². The van der Waals surface area contributed by atoms with E-state index in [1.165, 1.54) is 51.8 Å². The Morgan fingerprint density at radius 1 is 0.435 bits per heavy atom. The smallest absolute Gasteiger partial charge is 0.128 e. The Kier molecular flexibility index (Phi) is 11.7. The Morgan fingerprint density at radius 2 is 0.848 bits per heavy atom. The van der Waals surface area contributed by atoms with Crippen LogP contribution in [0.4, 0.5) is 0 Å². The Labute approximate surface area is 277 Å². The van der Waals surface area contributed by atoms with E-state index in [1.54, 1.807) is 0 Å². The molecule has 0 aliphatic heterocycles. The van der Waals surface area contributed by atoms with Crippen molar-refractivity contribution in [1.82, 2.24) is 0 Å². The van der Waals surface area contributed by atoms with Crippen molar-refractivity contribution in [2.45, 2.75) is 79.6 Å². The normalized spacial score (nSPS) is 11.1. The molecule has 0 fully saturated rings. The standard InChI is InChI=1S/C44H50O2/c1-6-9-11-27-45-43-31-42(39-25-21-37(22-26-39)40-18-15-33(5)34(8-3)29-40)44(46-28-12-10-7-2)30-41(43)38-23-19-36(20-24-38)35-16-13-32(4)14-17-35/h13-26,29-31H,6-12,27-28H2,1-5H3. The summed E-state index contributed by atoms with van der Waals surface area (Å²) in [6.45, 7) is 12.4. The fourth-order valence-electron chi connectivity index (χ4n) is 5.98. The predicted molar refractivity (Wildman–Crippen MR) is 197 cm³/mol. The van der Waals surface area contributed by atoms with E-state index in [4.69, 9.17) is 9.47 Å². The van der Waals surface area contributed by atoms with Crippen LogP contribution in [0.25, 0.3) is 44.5 Å². The molecule has 0 N–H and O–H groups in total. The van der Waals surface area contributed by atoms with Crippen LogP contribution in [0.5, 0.6) is 11.5 Å². The first-order chi connectivity index (χ1) is 22.5. The Balaban J connectivity index is 1.53. The summed E-state index contributed by atoms with van der Waals surface area (Å²) in [6.07, 6.45) is 7.77. The summed E-state index contributed by atoms with van der Waals surface area (Å²) in [5.41, 5.74) is 13.4. The second kappa shape index (κ2) is 16.3. The molecule has 5 rings (SSSR count). The van der Waals surface area contributed by atoms with E-state index in [2.05, 4.69) is 138 Å². The third kappa shape index (κ3) is 8.29. The molecular weight excluding hydrogens is 560 g/mol. The van der Waals surface area contributed by atoms with Gasteiger partial charge in [-0.05, 0) is 89.8 Å². The third-order valence-corrected chi connectivity index (χ3v) is 8.93. The fourth-order valence-corrected chi connectivity index (χ4v) is 5.98. The van der Waals surface area contributed by atoms with Crippen LogP contribution in [-0.4, -0.2) is 13.2 Å². The highest BCUT2D eigenvalue weighted by Crippen LogP contribution is 2.42. The molecule has 0 saturated carbocycles. The molecule has 46 heavy (non-hydrogen) atoms. The Morgan fingerprint density at radius 3 is 1.30 bits per heavy atom. The summed E-state index contributed by atoms with van der Waals surface area (Å²) in [7, 11) is 0. The lowest BCUT2D eigenvalue weighted by atomic mass is 9.94. The molecule has 0 aliphatic rings. The van der Waals surface area contributed by atoms with Crippen LogP contribution in [0.1, 0.15) is 76.0 Å². The lowest BCUT2D eigenvalue weighted by molar-refractivity contribution is 0.300. The van der Waals surface area contributed by atoms with Crippen LogP contribution in [0, 0.1) is 13.8 Å². The molecule has 0 aromatic heterocycles. The maximum Gasteiger partial charge on any atom is 0.128 e. The number of hydrogen-bond donors (Lipinski definition) is 0. The molecule has 238 valence electrons. The largest absolute Gasteiger partial charge is 0.493 e. The lowest BCUT2D eigenvalue weighted by Crippen LogP contribution is -2.03. The van der Waals surface area contributed by atoms with Crippen molar-refractivity contribution in [3.63, 3.8) is 0 Å². The number of ether oxygens (including phenoxy) is 2. The van der Waals surface area contributed by atoms with Crippen molar-refractivity contribution in [3.8, 4) is 56.0 Å². The quantitative estimate of drug-likeness (QED) is 0.110. The van der Waals surface area contributed by atoms with Crippen LogP contribution in [0.15, 0.2) is 103 Å². The van der Waals surface area contributed by atoms with E-state index in [9.17, 15) is 0 Å². The van der Waals surface area contributed by atoms with E-state index < -0.39 is 0 Å². The van der Waals surface area contributed by atoms with Crippen LogP contribution in [0.3, 0.4) is 0 Å². The second-order valence-electron chi connectivity index (χ2n) is 12.5. The van der Waals surface area contributed by atoms with Crippen molar-refractivity contribution >= 4 is 0 Å². The average molecular weight is 611 g/mol. The molecule has 2 nitrogen and oxygen atoms in total. The van der Waals surface area contributed by atoms with Gasteiger partial charge in [-0.1, -0.05) is 143 Å². The number of rotatable bonds is 15. The molecule has 0 spiro atoms. The minimum Gasteiger partial charge on any atom is -0.493 e. The molecule has 0 bridgehead atoms. The first-order valence-electron chi connectivity index (χ1n) is 17.3. The third-order valence-electron chi connectivity index (χ3n) is 8.93. The minimum absolute atomic E-state index is 0.699. The van der Waals surface area contributed by atoms with Crippen LogP contribution in [-0.2, 0) is 6.42 Å². The Hall–Kier alpha value is -4.30. The van der Waals surface area contributed by atoms with E-state index in [-0.39, 0.29) is 0 Å². The second-order valence-corrected chi connectivity index (χ2v) is 12.5. The van der Waals surface area contributed by atoms with Crippen molar-refractivity contribution in [2.24, 2.45) is 0 Å². The van der Waals surface area contributed by atoms with Gasteiger partial charge in [-0.3, -0.25) is 0 Å². The predicted octanol–water partition coefficient (Wildman–Crippen LogP) is 12.7. The Bertz CT molecular complexity index is 1680. The molecule has 0 heterocycles. The molecule has 2 heteroatoms. The van der Waals surface area contributed by atoms with Gasteiger partial charge in [0.15, 0.2) is 0 Å². The van der Waals surface area contributed by atoms with Gasteiger partial charge in [0, 0.05) is 11.1 Å². The monoisotopic (exact) mass is 610 g/mol. The molecule has 5 aromatic rings. The maximum absolute atomic E-state index is 6.56. The van der Waals surface area contributed by atoms with E-state index in [0.29, 0.717) is 13.2 Å². The minimum atomic E-state index is 0.699. The zero-order valence-corrected chi connectivity index (χ0v) is 28.5. The lowest BCUT2D eigenvalue weighted by Gasteiger charge is -2.19. The van der Waals surface area contributed by atoms with Gasteiger partial charge in [0.1, 0.15) is 11.5 Å². The highest BCUT2D eigenvalue weighted by Gasteiger charge is 2.17. The van der Waals surface area contributed by atoms with Crippen molar-refractivity contribution in [1.29, 1.82) is 0 Å². The molecule has 0 atom stereocenters. The first-order valence-corrected chi connectivity index (χ1v) is 17.3. The number of hydrogen-bond acceptors (Lipinski definition) is 2. The number of unbranched alkanes of at least 4 members (excludes halogenated alkanes) is 4. The van der Waals surface area contributed by atoms with Gasteiger partial charge in [0.2, 0.25) is 0 Å². The van der Waals surface area contributed by atoms with Gasteiger partial charge in [-0.2, -0.15) is 0 Å². The van der Waals surface area contributed by atoms with Gasteiger partial charge >= 0.3 is 0 Å². The summed E-state index contributed by atoms with van der Waals surface area (Å²) in [5, 5.41) is 0. The average Bonchev–Trinajstić information content (AvgIpc) is 3.09. The van der Waals surface area contributed by atoms with Gasteiger partial charge in [0.25, 0.3) is 0 Å². The highest BCUT2D eigenvalue weighted by molar-refractivity contribution is 5.83. The molecule has 0 amide bonds. The van der Waals surface area contributed by atoms with E-state index >= 15 is 0 Å². The van der Waals surface area contributed by atoms with Crippen LogP contribution in [0.2, 0.25) is 0 Å². The maximum atomic E-state index is 6.56. The summed E-state index contributed by atoms with van der Waals surface area (Å²) in [6, 6.07) is 37.7. The SMILES string of the molecule is CCCCCOc1cc(-c2ccc(-c3ccc(C)c(CC)c3)cc2)c(OCCCCC)cc1-c1ccc(-c2ccc(C)cc2)cc1. The van der Waals surface area contributed by atoms with Crippen LogP contribution < -0.4 is 9.47 Å². The van der Waals surface area contributed by atoms with Crippen molar-refractivity contribution in [2.75, 3.05) is 13.2 Å². The summed E-state index contributed by atoms with van der Waals surface area (Å²) < 4.78 is 13.1. The van der Waals surface area contributed by atoms with Gasteiger partial charge in [-0.15, -0.1) is 0 Å². The van der Waals surface area contributed by atoms with E-state index in [1.807, 2.05) is 0 Å². The van der Waals surface area contributed by atoms with Gasteiger partial charge in [-0.25, -0.2) is 0 Å². The first kappa shape index (κ1) is 33.1. The number of benzene rings is 5. The zero-order valence-electron chi connectivity index (χ0n) is 28.5. The summed E-state index contributed by atoms with van der Waals surface area (Å²) in [4.78, 5) is 0. The number of aryl methyl sites for hydroxylation is 3. The van der Waals surface area contributed by atoms with Crippen molar-refractivity contribution < 1.29 is 9.47 Å². The zero-order chi connectivity index (χ0) is 32.3. The molecule has 0 unspecified atom stereocenters. The fraction of sp³-hybridized carbons (Fsp3) is 0.318. The van der Waals surface area contributed by atoms with Crippen LogP contribution >= 0.6 is 0 Å². The molecular formula is C44H50O2. The molecule has 0 saturated heterocycles. The van der Waals surface area contributed by atoms with Gasteiger partial charge < -0.3 is 9.47 Å². The van der Waals surface area contributed by atoms with E-state index in [0.717, 1.165) is 65.9 Å².